The Morgan fingerprint density at radius 1 is 0.905 bits per heavy atom. The number of pyridine rings is 1. The first-order chi connectivity index (χ1) is 10.3. The van der Waals surface area contributed by atoms with E-state index in [0.29, 0.717) is 0 Å². The normalized spacial score (nSPS) is 12.2. The molecule has 0 aliphatic carbocycles. The fourth-order valence-corrected chi connectivity index (χ4v) is 3.60. The second-order valence-electron chi connectivity index (χ2n) is 4.68. The highest BCUT2D eigenvalue weighted by Gasteiger charge is 2.19. The number of hydrogen-bond acceptors (Lipinski definition) is 3. The van der Waals surface area contributed by atoms with E-state index in [-0.39, 0.29) is 0 Å². The van der Waals surface area contributed by atoms with Crippen LogP contribution >= 0.6 is 27.7 Å². The number of fused-ring (bicyclic) bond motifs is 2. The molecule has 1 aliphatic heterocycles. The number of ether oxygens (including phenoxy) is 1. The third-order valence-corrected chi connectivity index (χ3v) is 4.80. The molecule has 0 fully saturated rings. The van der Waals surface area contributed by atoms with Gasteiger partial charge in [0.05, 0.1) is 4.90 Å². The fraction of sp³-hybridized carbons (Fsp3) is 0. The predicted molar refractivity (Wildman–Crippen MR) is 88.0 cm³/mol. The third kappa shape index (κ3) is 2.45. The number of hydrogen-bond donors (Lipinski definition) is 0. The van der Waals surface area contributed by atoms with Crippen molar-refractivity contribution in [2.75, 3.05) is 0 Å². The molecule has 0 spiro atoms. The van der Waals surface area contributed by atoms with E-state index in [4.69, 9.17) is 4.74 Å². The molecule has 1 aliphatic rings. The van der Waals surface area contributed by atoms with Crippen LogP contribution in [0.15, 0.2) is 75.2 Å². The Kier molecular flexibility index (Phi) is 3.20. The van der Waals surface area contributed by atoms with Crippen molar-refractivity contribution in [2.45, 2.75) is 9.92 Å². The molecule has 3 aromatic rings. The van der Waals surface area contributed by atoms with E-state index in [1.54, 1.807) is 18.0 Å². The summed E-state index contributed by atoms with van der Waals surface area (Å²) in [4.78, 5) is 5.46. The van der Waals surface area contributed by atoms with Crippen LogP contribution in [0.25, 0.3) is 11.1 Å². The Bertz CT molecular complexity index is 835. The zero-order valence-electron chi connectivity index (χ0n) is 10.9. The van der Waals surface area contributed by atoms with Crippen molar-refractivity contribution >= 4 is 27.7 Å². The molecule has 4 heteroatoms. The van der Waals surface area contributed by atoms with Crippen molar-refractivity contribution < 1.29 is 4.74 Å². The fourth-order valence-electron chi connectivity index (χ4n) is 2.27. The van der Waals surface area contributed by atoms with E-state index >= 15 is 0 Å². The Balaban J connectivity index is 1.76. The molecule has 0 N–H and O–H groups in total. The van der Waals surface area contributed by atoms with Crippen molar-refractivity contribution in [3.63, 3.8) is 0 Å². The summed E-state index contributed by atoms with van der Waals surface area (Å²) >= 11 is 5.16. The standard InChI is InChI=1S/C17H10BrNOS/c18-13-4-1-3-11(9-13)12-6-7-14-16(10-12)21-17-15(20-14)5-2-8-19-17/h1-10H. The second-order valence-corrected chi connectivity index (χ2v) is 6.63. The number of nitrogens with zero attached hydrogens (tertiary/aromatic N) is 1. The summed E-state index contributed by atoms with van der Waals surface area (Å²) in [6.45, 7) is 0. The van der Waals surface area contributed by atoms with Gasteiger partial charge >= 0.3 is 0 Å². The van der Waals surface area contributed by atoms with E-state index < -0.39 is 0 Å². The minimum absolute atomic E-state index is 0.824. The molecule has 1 aromatic heterocycles. The van der Waals surface area contributed by atoms with Gasteiger partial charge in [-0.1, -0.05) is 45.9 Å². The number of rotatable bonds is 1. The molecule has 21 heavy (non-hydrogen) atoms. The van der Waals surface area contributed by atoms with Gasteiger partial charge in [-0.2, -0.15) is 0 Å². The maximum absolute atomic E-state index is 5.90. The first-order valence-electron chi connectivity index (χ1n) is 6.50. The minimum atomic E-state index is 0.824. The molecule has 0 radical (unpaired) electrons. The van der Waals surface area contributed by atoms with Crippen LogP contribution in [0, 0.1) is 0 Å². The van der Waals surface area contributed by atoms with Crippen molar-refractivity contribution in [2.24, 2.45) is 0 Å². The molecule has 0 unspecified atom stereocenters. The molecule has 0 bridgehead atoms. The van der Waals surface area contributed by atoms with Gasteiger partial charge < -0.3 is 4.74 Å². The summed E-state index contributed by atoms with van der Waals surface area (Å²) in [6.07, 6.45) is 1.79. The van der Waals surface area contributed by atoms with Crippen LogP contribution < -0.4 is 4.74 Å². The van der Waals surface area contributed by atoms with Crippen LogP contribution in [-0.2, 0) is 0 Å². The second kappa shape index (κ2) is 5.20. The Labute approximate surface area is 135 Å². The maximum Gasteiger partial charge on any atom is 0.160 e. The van der Waals surface area contributed by atoms with Gasteiger partial charge in [0.15, 0.2) is 5.75 Å². The van der Waals surface area contributed by atoms with Crippen molar-refractivity contribution in [3.05, 3.63) is 65.3 Å². The molecule has 0 amide bonds. The Morgan fingerprint density at radius 2 is 1.81 bits per heavy atom. The summed E-state index contributed by atoms with van der Waals surface area (Å²) in [7, 11) is 0. The summed E-state index contributed by atoms with van der Waals surface area (Å²) in [5.41, 5.74) is 2.35. The summed E-state index contributed by atoms with van der Waals surface area (Å²) in [6, 6.07) is 18.4. The van der Waals surface area contributed by atoms with Gasteiger partial charge in [-0.3, -0.25) is 0 Å². The average molecular weight is 356 g/mol. The summed E-state index contributed by atoms with van der Waals surface area (Å²) in [5, 5.41) is 0.913. The Hall–Kier alpha value is -1.78. The van der Waals surface area contributed by atoms with Gasteiger partial charge in [0.1, 0.15) is 10.8 Å². The lowest BCUT2D eigenvalue weighted by Gasteiger charge is -2.19. The molecule has 2 aromatic carbocycles. The highest BCUT2D eigenvalue weighted by Crippen LogP contribution is 2.46. The quantitative estimate of drug-likeness (QED) is 0.432. The van der Waals surface area contributed by atoms with Crippen molar-refractivity contribution in [1.82, 2.24) is 4.98 Å². The topological polar surface area (TPSA) is 22.1 Å². The summed E-state index contributed by atoms with van der Waals surface area (Å²) in [5.74, 6) is 1.71. The maximum atomic E-state index is 5.90. The molecule has 2 nitrogen and oxygen atoms in total. The van der Waals surface area contributed by atoms with Crippen molar-refractivity contribution in [3.8, 4) is 22.6 Å². The van der Waals surface area contributed by atoms with Crippen LogP contribution in [0.4, 0.5) is 0 Å². The molecule has 4 rings (SSSR count). The van der Waals surface area contributed by atoms with Crippen LogP contribution in [0.1, 0.15) is 0 Å². The van der Waals surface area contributed by atoms with E-state index in [9.17, 15) is 0 Å². The van der Waals surface area contributed by atoms with Gasteiger partial charge in [-0.15, -0.1) is 0 Å². The van der Waals surface area contributed by atoms with Gasteiger partial charge in [0, 0.05) is 10.7 Å². The minimum Gasteiger partial charge on any atom is -0.453 e. The van der Waals surface area contributed by atoms with Crippen LogP contribution in [0.5, 0.6) is 11.5 Å². The smallest absolute Gasteiger partial charge is 0.160 e. The number of halogens is 1. The predicted octanol–water partition coefficient (Wildman–Crippen LogP) is 5.77. The zero-order valence-corrected chi connectivity index (χ0v) is 13.3. The van der Waals surface area contributed by atoms with Gasteiger partial charge in [-0.05, 0) is 47.5 Å². The SMILES string of the molecule is Brc1cccc(-c2ccc3c(c2)Sc2ncccc2O3)c1. The lowest BCUT2D eigenvalue weighted by molar-refractivity contribution is 0.449. The molecular weight excluding hydrogens is 346 g/mol. The summed E-state index contributed by atoms with van der Waals surface area (Å²) < 4.78 is 6.98. The zero-order chi connectivity index (χ0) is 14.2. The van der Waals surface area contributed by atoms with Crippen LogP contribution in [0.2, 0.25) is 0 Å². The van der Waals surface area contributed by atoms with E-state index in [1.165, 1.54) is 11.1 Å². The van der Waals surface area contributed by atoms with Gasteiger partial charge in [0.2, 0.25) is 0 Å². The molecule has 2 heterocycles. The first-order valence-corrected chi connectivity index (χ1v) is 8.11. The molecule has 102 valence electrons. The molecule has 0 atom stereocenters. The van der Waals surface area contributed by atoms with Crippen LogP contribution in [0.3, 0.4) is 0 Å². The Morgan fingerprint density at radius 3 is 2.71 bits per heavy atom. The van der Waals surface area contributed by atoms with E-state index in [2.05, 4.69) is 45.2 Å². The molecular formula is C17H10BrNOS. The van der Waals surface area contributed by atoms with Crippen molar-refractivity contribution in [1.29, 1.82) is 0 Å². The first kappa shape index (κ1) is 12.9. The molecule has 0 saturated heterocycles. The number of benzene rings is 2. The van der Waals surface area contributed by atoms with Crippen LogP contribution in [-0.4, -0.2) is 4.98 Å². The number of aromatic nitrogens is 1. The third-order valence-electron chi connectivity index (χ3n) is 3.26. The van der Waals surface area contributed by atoms with Gasteiger partial charge in [0.25, 0.3) is 0 Å². The van der Waals surface area contributed by atoms with E-state index in [0.717, 1.165) is 25.9 Å². The highest BCUT2D eigenvalue weighted by molar-refractivity contribution is 9.10. The largest absolute Gasteiger partial charge is 0.453 e. The highest BCUT2D eigenvalue weighted by atomic mass is 79.9. The average Bonchev–Trinajstić information content (AvgIpc) is 2.52. The van der Waals surface area contributed by atoms with Gasteiger partial charge in [-0.25, -0.2) is 4.98 Å². The lowest BCUT2D eigenvalue weighted by atomic mass is 10.1. The lowest BCUT2D eigenvalue weighted by Crippen LogP contribution is -1.96. The monoisotopic (exact) mass is 355 g/mol. The molecule has 0 saturated carbocycles. The van der Waals surface area contributed by atoms with E-state index in [1.807, 2.05) is 30.3 Å².